The van der Waals surface area contributed by atoms with Crippen molar-refractivity contribution < 1.29 is 18.4 Å². The van der Waals surface area contributed by atoms with Crippen LogP contribution in [-0.4, -0.2) is 16.8 Å². The highest BCUT2D eigenvalue weighted by Crippen LogP contribution is 2.21. The standard InChI is InChI=1S/C17H11F2N3O2/c18-11-6-7-12(19)14(9-11)22-17(24)16(23)21-13-5-1-3-10-4-2-8-20-15(10)13/h1-9H,(H,21,23)(H,22,24). The van der Waals surface area contributed by atoms with E-state index in [-0.39, 0.29) is 0 Å². The van der Waals surface area contributed by atoms with Gasteiger partial charge in [-0.25, -0.2) is 8.78 Å². The van der Waals surface area contributed by atoms with Crippen LogP contribution >= 0.6 is 0 Å². The van der Waals surface area contributed by atoms with Crippen molar-refractivity contribution in [3.8, 4) is 0 Å². The first-order chi connectivity index (χ1) is 11.5. The summed E-state index contributed by atoms with van der Waals surface area (Å²) in [6.45, 7) is 0. The molecule has 0 saturated heterocycles. The highest BCUT2D eigenvalue weighted by molar-refractivity contribution is 6.44. The summed E-state index contributed by atoms with van der Waals surface area (Å²) in [6, 6.07) is 11.2. The lowest BCUT2D eigenvalue weighted by molar-refractivity contribution is -0.133. The molecule has 0 unspecified atom stereocenters. The summed E-state index contributed by atoms with van der Waals surface area (Å²) in [5.41, 5.74) is 0.442. The third-order valence-corrected chi connectivity index (χ3v) is 3.26. The van der Waals surface area contributed by atoms with Crippen LogP contribution in [-0.2, 0) is 9.59 Å². The molecule has 0 atom stereocenters. The van der Waals surface area contributed by atoms with E-state index in [0.29, 0.717) is 11.2 Å². The maximum atomic E-state index is 13.5. The summed E-state index contributed by atoms with van der Waals surface area (Å²) < 4.78 is 26.6. The van der Waals surface area contributed by atoms with E-state index in [1.807, 2.05) is 5.32 Å². The molecule has 120 valence electrons. The van der Waals surface area contributed by atoms with Crippen molar-refractivity contribution in [3.63, 3.8) is 0 Å². The van der Waals surface area contributed by atoms with Gasteiger partial charge in [0.15, 0.2) is 0 Å². The van der Waals surface area contributed by atoms with Gasteiger partial charge in [-0.15, -0.1) is 0 Å². The van der Waals surface area contributed by atoms with Crippen LogP contribution in [0.3, 0.4) is 0 Å². The Hall–Kier alpha value is -3.35. The van der Waals surface area contributed by atoms with Gasteiger partial charge in [0.2, 0.25) is 0 Å². The number of rotatable bonds is 2. The average Bonchev–Trinajstić information content (AvgIpc) is 2.58. The number of aromatic nitrogens is 1. The van der Waals surface area contributed by atoms with Gasteiger partial charge in [-0.3, -0.25) is 14.6 Å². The largest absolute Gasteiger partial charge is 0.316 e. The van der Waals surface area contributed by atoms with Crippen molar-refractivity contribution in [1.29, 1.82) is 0 Å². The molecule has 7 heteroatoms. The van der Waals surface area contributed by atoms with Crippen LogP contribution in [0.1, 0.15) is 0 Å². The predicted molar refractivity (Wildman–Crippen MR) is 85.4 cm³/mol. The second kappa shape index (κ2) is 6.41. The molecule has 0 aliphatic carbocycles. The van der Waals surface area contributed by atoms with E-state index in [9.17, 15) is 18.4 Å². The van der Waals surface area contributed by atoms with Gasteiger partial charge in [0.1, 0.15) is 11.6 Å². The predicted octanol–water partition coefficient (Wildman–Crippen LogP) is 3.09. The third kappa shape index (κ3) is 3.19. The Morgan fingerprint density at radius 1 is 0.875 bits per heavy atom. The van der Waals surface area contributed by atoms with E-state index in [0.717, 1.165) is 23.6 Å². The fourth-order valence-electron chi connectivity index (χ4n) is 2.16. The number of nitrogens with one attached hydrogen (secondary N) is 2. The minimum absolute atomic E-state index is 0.341. The van der Waals surface area contributed by atoms with E-state index < -0.39 is 29.1 Å². The molecule has 0 radical (unpaired) electrons. The Balaban J connectivity index is 1.79. The molecule has 2 amide bonds. The van der Waals surface area contributed by atoms with Crippen LogP contribution in [0.4, 0.5) is 20.2 Å². The van der Waals surface area contributed by atoms with Crippen molar-refractivity contribution in [3.05, 3.63) is 66.4 Å². The molecule has 0 fully saturated rings. The van der Waals surface area contributed by atoms with E-state index in [2.05, 4.69) is 10.3 Å². The molecule has 3 aromatic rings. The van der Waals surface area contributed by atoms with E-state index >= 15 is 0 Å². The van der Waals surface area contributed by atoms with Crippen molar-refractivity contribution in [2.45, 2.75) is 0 Å². The second-order valence-electron chi connectivity index (χ2n) is 4.91. The first-order valence-electron chi connectivity index (χ1n) is 6.96. The number of anilines is 2. The number of fused-ring (bicyclic) bond motifs is 1. The minimum Gasteiger partial charge on any atom is -0.316 e. The van der Waals surface area contributed by atoms with Gasteiger partial charge in [-0.2, -0.15) is 0 Å². The van der Waals surface area contributed by atoms with E-state index in [1.165, 1.54) is 0 Å². The van der Waals surface area contributed by atoms with Gasteiger partial charge in [0.25, 0.3) is 0 Å². The van der Waals surface area contributed by atoms with Gasteiger partial charge in [-0.05, 0) is 24.3 Å². The first kappa shape index (κ1) is 15.5. The van der Waals surface area contributed by atoms with Crippen LogP contribution in [0.25, 0.3) is 10.9 Å². The normalized spacial score (nSPS) is 10.4. The zero-order chi connectivity index (χ0) is 17.1. The Morgan fingerprint density at radius 2 is 1.58 bits per heavy atom. The molecular weight excluding hydrogens is 316 g/mol. The lowest BCUT2D eigenvalue weighted by Crippen LogP contribution is -2.29. The molecular formula is C17H11F2N3O2. The summed E-state index contributed by atoms with van der Waals surface area (Å²) in [6.07, 6.45) is 1.56. The van der Waals surface area contributed by atoms with Gasteiger partial charge in [0.05, 0.1) is 16.9 Å². The minimum atomic E-state index is -1.12. The summed E-state index contributed by atoms with van der Waals surface area (Å²) in [4.78, 5) is 28.0. The summed E-state index contributed by atoms with van der Waals surface area (Å²) in [7, 11) is 0. The average molecular weight is 327 g/mol. The molecule has 24 heavy (non-hydrogen) atoms. The lowest BCUT2D eigenvalue weighted by atomic mass is 10.2. The highest BCUT2D eigenvalue weighted by Gasteiger charge is 2.17. The monoisotopic (exact) mass is 327 g/mol. The van der Waals surface area contributed by atoms with Gasteiger partial charge >= 0.3 is 11.8 Å². The number of nitrogens with zero attached hydrogens (tertiary/aromatic N) is 1. The van der Waals surface area contributed by atoms with Crippen molar-refractivity contribution in [1.82, 2.24) is 4.98 Å². The molecule has 3 rings (SSSR count). The molecule has 1 aromatic heterocycles. The molecule has 2 N–H and O–H groups in total. The smallest absolute Gasteiger partial charge is 0.314 e. The SMILES string of the molecule is O=C(Nc1cc(F)ccc1F)C(=O)Nc1cccc2cccnc12. The van der Waals surface area contributed by atoms with Crippen LogP contribution in [0, 0.1) is 11.6 Å². The third-order valence-electron chi connectivity index (χ3n) is 3.26. The van der Waals surface area contributed by atoms with Crippen molar-refractivity contribution in [2.75, 3.05) is 10.6 Å². The van der Waals surface area contributed by atoms with Crippen LogP contribution in [0.2, 0.25) is 0 Å². The number of para-hydroxylation sites is 1. The zero-order valence-electron chi connectivity index (χ0n) is 12.2. The van der Waals surface area contributed by atoms with Crippen molar-refractivity contribution >= 4 is 34.1 Å². The second-order valence-corrected chi connectivity index (χ2v) is 4.91. The Kier molecular flexibility index (Phi) is 4.15. The van der Waals surface area contributed by atoms with Crippen LogP contribution in [0.5, 0.6) is 0 Å². The van der Waals surface area contributed by atoms with E-state index in [4.69, 9.17) is 0 Å². The number of hydrogen-bond donors (Lipinski definition) is 2. The van der Waals surface area contributed by atoms with Gasteiger partial charge < -0.3 is 10.6 Å². The number of benzene rings is 2. The Bertz CT molecular complexity index is 939. The Labute approximate surface area is 135 Å². The number of hydrogen-bond acceptors (Lipinski definition) is 3. The Morgan fingerprint density at radius 3 is 2.38 bits per heavy atom. The molecule has 0 aliphatic heterocycles. The molecule has 1 heterocycles. The van der Waals surface area contributed by atoms with Gasteiger partial charge in [-0.1, -0.05) is 18.2 Å². The first-order valence-corrected chi connectivity index (χ1v) is 6.96. The molecule has 0 bridgehead atoms. The fourth-order valence-corrected chi connectivity index (χ4v) is 2.16. The number of amides is 2. The number of pyridine rings is 1. The number of carbonyl (C=O) groups excluding carboxylic acids is 2. The quantitative estimate of drug-likeness (QED) is 0.711. The molecule has 0 saturated carbocycles. The van der Waals surface area contributed by atoms with Gasteiger partial charge in [0, 0.05) is 17.6 Å². The highest BCUT2D eigenvalue weighted by atomic mass is 19.1. The maximum Gasteiger partial charge on any atom is 0.314 e. The zero-order valence-corrected chi connectivity index (χ0v) is 12.2. The molecule has 0 spiro atoms. The van der Waals surface area contributed by atoms with Crippen LogP contribution < -0.4 is 10.6 Å². The maximum absolute atomic E-state index is 13.5. The van der Waals surface area contributed by atoms with E-state index in [1.54, 1.807) is 36.5 Å². The summed E-state index contributed by atoms with van der Waals surface area (Å²) in [5.74, 6) is -3.71. The number of halogens is 2. The number of carbonyl (C=O) groups is 2. The van der Waals surface area contributed by atoms with Crippen LogP contribution in [0.15, 0.2) is 54.7 Å². The lowest BCUT2D eigenvalue weighted by Gasteiger charge is -2.09. The topological polar surface area (TPSA) is 71.1 Å². The molecule has 5 nitrogen and oxygen atoms in total. The summed E-state index contributed by atoms with van der Waals surface area (Å²) >= 11 is 0. The molecule has 0 aliphatic rings. The molecule has 2 aromatic carbocycles. The fraction of sp³-hybridized carbons (Fsp3) is 0. The summed E-state index contributed by atoms with van der Waals surface area (Å²) in [5, 5.41) is 5.23. The van der Waals surface area contributed by atoms with Crippen molar-refractivity contribution in [2.24, 2.45) is 0 Å².